The zero-order chi connectivity index (χ0) is 17.2. The molecule has 0 amide bonds. The third-order valence-electron chi connectivity index (χ3n) is 4.60. The van der Waals surface area contributed by atoms with Crippen LogP contribution in [0, 0.1) is 6.92 Å². The summed E-state index contributed by atoms with van der Waals surface area (Å²) in [5.41, 5.74) is 4.76. The third kappa shape index (κ3) is 3.90. The van der Waals surface area contributed by atoms with E-state index < -0.39 is 0 Å². The molecule has 1 atom stereocenters. The van der Waals surface area contributed by atoms with Crippen LogP contribution in [0.2, 0.25) is 0 Å². The summed E-state index contributed by atoms with van der Waals surface area (Å²) in [6, 6.07) is 15.1. The molecule has 1 aliphatic rings. The summed E-state index contributed by atoms with van der Waals surface area (Å²) in [5.74, 6) is 0. The summed E-state index contributed by atoms with van der Waals surface area (Å²) in [6.07, 6.45) is -0.284. The fraction of sp³-hybridized carbons (Fsp3) is 0.350. The fourth-order valence-corrected chi connectivity index (χ4v) is 4.23. The summed E-state index contributed by atoms with van der Waals surface area (Å²) in [5, 5.41) is 14.2. The van der Waals surface area contributed by atoms with Gasteiger partial charge in [0.25, 0.3) is 0 Å². The summed E-state index contributed by atoms with van der Waals surface area (Å²) >= 11 is 1.74. The van der Waals surface area contributed by atoms with Crippen LogP contribution in [0.4, 0.5) is 0 Å². The zero-order valence-electron chi connectivity index (χ0n) is 14.4. The molecule has 1 aromatic heterocycles. The minimum Gasteiger partial charge on any atom is -0.390 e. The number of aliphatic hydroxyl groups excluding tert-OH is 1. The maximum absolute atomic E-state index is 9.91. The second-order valence-electron chi connectivity index (χ2n) is 6.78. The summed E-state index contributed by atoms with van der Waals surface area (Å²) in [4.78, 5) is 7.08. The average molecular weight is 353 g/mol. The molecule has 5 heteroatoms. The first kappa shape index (κ1) is 16.7. The van der Waals surface area contributed by atoms with Gasteiger partial charge in [0.15, 0.2) is 0 Å². The highest BCUT2D eigenvalue weighted by atomic mass is 32.1. The monoisotopic (exact) mass is 353 g/mol. The van der Waals surface area contributed by atoms with Crippen LogP contribution in [0.1, 0.15) is 11.1 Å². The first-order valence-electron chi connectivity index (χ1n) is 8.75. The van der Waals surface area contributed by atoms with Crippen molar-refractivity contribution in [3.8, 4) is 10.6 Å². The van der Waals surface area contributed by atoms with Crippen molar-refractivity contribution in [1.82, 2.24) is 15.2 Å². The number of fused-ring (bicyclic) bond motifs is 1. The Morgan fingerprint density at radius 2 is 2.08 bits per heavy atom. The Morgan fingerprint density at radius 3 is 2.92 bits per heavy atom. The lowest BCUT2D eigenvalue weighted by molar-refractivity contribution is 0.127. The highest BCUT2D eigenvalue weighted by Gasteiger charge is 2.15. The van der Waals surface area contributed by atoms with Crippen molar-refractivity contribution in [2.45, 2.75) is 19.6 Å². The quantitative estimate of drug-likeness (QED) is 0.760. The molecule has 0 aliphatic carbocycles. The number of hydrogen-bond acceptors (Lipinski definition) is 5. The van der Waals surface area contributed by atoms with Crippen molar-refractivity contribution in [3.05, 3.63) is 53.6 Å². The predicted octanol–water partition coefficient (Wildman–Crippen LogP) is 3.04. The Hall–Kier alpha value is -1.79. The number of β-amino-alcohol motifs (C(OH)–C–C–N with tert-alkyl or cyclic N) is 1. The molecule has 0 radical (unpaired) electrons. The van der Waals surface area contributed by atoms with Gasteiger partial charge in [0.2, 0.25) is 0 Å². The van der Waals surface area contributed by atoms with E-state index in [1.165, 1.54) is 21.4 Å². The molecule has 2 N–H and O–H groups in total. The van der Waals surface area contributed by atoms with Gasteiger partial charge in [-0.1, -0.05) is 30.3 Å². The molecule has 1 aliphatic heterocycles. The number of rotatable bonds is 3. The van der Waals surface area contributed by atoms with E-state index in [0.29, 0.717) is 6.54 Å². The topological polar surface area (TPSA) is 48.4 Å². The Morgan fingerprint density at radius 1 is 1.24 bits per heavy atom. The SMILES string of the molecule is Cc1ccc2sc(-c3ccc(CN4CCNCC(O)C4)cc3)nc2c1. The molecule has 4 nitrogen and oxygen atoms in total. The van der Waals surface area contributed by atoms with Crippen molar-refractivity contribution in [2.24, 2.45) is 0 Å². The van der Waals surface area contributed by atoms with E-state index in [-0.39, 0.29) is 6.10 Å². The molecule has 0 saturated carbocycles. The molecule has 130 valence electrons. The van der Waals surface area contributed by atoms with Gasteiger partial charge in [0, 0.05) is 38.3 Å². The van der Waals surface area contributed by atoms with Crippen LogP contribution in [-0.4, -0.2) is 47.3 Å². The molecule has 0 spiro atoms. The number of aryl methyl sites for hydroxylation is 1. The van der Waals surface area contributed by atoms with E-state index >= 15 is 0 Å². The van der Waals surface area contributed by atoms with Crippen molar-refractivity contribution in [3.63, 3.8) is 0 Å². The lowest BCUT2D eigenvalue weighted by atomic mass is 10.1. The van der Waals surface area contributed by atoms with Gasteiger partial charge in [-0.25, -0.2) is 4.98 Å². The van der Waals surface area contributed by atoms with Gasteiger partial charge >= 0.3 is 0 Å². The Labute approximate surface area is 152 Å². The number of benzene rings is 2. The largest absolute Gasteiger partial charge is 0.390 e. The lowest BCUT2D eigenvalue weighted by Gasteiger charge is -2.21. The molecule has 2 aromatic carbocycles. The lowest BCUT2D eigenvalue weighted by Crippen LogP contribution is -2.32. The maximum Gasteiger partial charge on any atom is 0.124 e. The van der Waals surface area contributed by atoms with Crippen LogP contribution >= 0.6 is 11.3 Å². The standard InChI is InChI=1S/C20H23N3OS/c1-14-2-7-19-18(10-14)22-20(25-19)16-5-3-15(4-6-16)12-23-9-8-21-11-17(24)13-23/h2-7,10,17,21,24H,8-9,11-13H2,1H3. The van der Waals surface area contributed by atoms with E-state index in [1.807, 2.05) is 0 Å². The summed E-state index contributed by atoms with van der Waals surface area (Å²) in [6.45, 7) is 6.29. The van der Waals surface area contributed by atoms with Gasteiger partial charge in [-0.15, -0.1) is 11.3 Å². The molecule has 4 rings (SSSR count). The smallest absolute Gasteiger partial charge is 0.124 e. The number of hydrogen-bond donors (Lipinski definition) is 2. The molecule has 1 unspecified atom stereocenters. The molecule has 2 heterocycles. The number of nitrogens with one attached hydrogen (secondary N) is 1. The Bertz CT molecular complexity index is 859. The molecule has 3 aromatic rings. The van der Waals surface area contributed by atoms with Crippen molar-refractivity contribution in [2.75, 3.05) is 26.2 Å². The second-order valence-corrected chi connectivity index (χ2v) is 7.81. The van der Waals surface area contributed by atoms with Crippen LogP contribution in [0.5, 0.6) is 0 Å². The van der Waals surface area contributed by atoms with Gasteiger partial charge in [-0.3, -0.25) is 4.90 Å². The van der Waals surface area contributed by atoms with Crippen LogP contribution < -0.4 is 5.32 Å². The van der Waals surface area contributed by atoms with E-state index in [0.717, 1.165) is 36.7 Å². The van der Waals surface area contributed by atoms with Crippen LogP contribution in [0.3, 0.4) is 0 Å². The molecular formula is C20H23N3OS. The van der Waals surface area contributed by atoms with Gasteiger partial charge in [0.05, 0.1) is 16.3 Å². The van der Waals surface area contributed by atoms with Gasteiger partial charge in [-0.2, -0.15) is 0 Å². The molecular weight excluding hydrogens is 330 g/mol. The normalized spacial score (nSPS) is 19.2. The summed E-state index contributed by atoms with van der Waals surface area (Å²) < 4.78 is 1.23. The van der Waals surface area contributed by atoms with Crippen molar-refractivity contribution in [1.29, 1.82) is 0 Å². The molecule has 25 heavy (non-hydrogen) atoms. The second kappa shape index (κ2) is 7.22. The van der Waals surface area contributed by atoms with Crippen molar-refractivity contribution >= 4 is 21.6 Å². The van der Waals surface area contributed by atoms with Crippen LogP contribution in [-0.2, 0) is 6.54 Å². The van der Waals surface area contributed by atoms with E-state index in [1.54, 1.807) is 11.3 Å². The number of thiazole rings is 1. The molecule has 1 fully saturated rings. The van der Waals surface area contributed by atoms with Crippen LogP contribution in [0.25, 0.3) is 20.8 Å². The number of aliphatic hydroxyl groups is 1. The Kier molecular flexibility index (Phi) is 4.81. The number of aromatic nitrogens is 1. The molecule has 0 bridgehead atoms. The highest BCUT2D eigenvalue weighted by Crippen LogP contribution is 2.30. The van der Waals surface area contributed by atoms with Gasteiger partial charge < -0.3 is 10.4 Å². The first-order chi connectivity index (χ1) is 12.2. The van der Waals surface area contributed by atoms with Gasteiger partial charge in [0.1, 0.15) is 5.01 Å². The predicted molar refractivity (Wildman–Crippen MR) is 104 cm³/mol. The fourth-order valence-electron chi connectivity index (χ4n) is 3.28. The van der Waals surface area contributed by atoms with E-state index in [2.05, 4.69) is 59.6 Å². The van der Waals surface area contributed by atoms with E-state index in [9.17, 15) is 5.11 Å². The summed E-state index contributed by atoms with van der Waals surface area (Å²) in [7, 11) is 0. The highest BCUT2D eigenvalue weighted by molar-refractivity contribution is 7.21. The van der Waals surface area contributed by atoms with E-state index in [4.69, 9.17) is 4.98 Å². The molecule has 1 saturated heterocycles. The minimum atomic E-state index is -0.284. The first-order valence-corrected chi connectivity index (χ1v) is 9.57. The zero-order valence-corrected chi connectivity index (χ0v) is 15.2. The minimum absolute atomic E-state index is 0.284. The Balaban J connectivity index is 1.50. The van der Waals surface area contributed by atoms with Crippen LogP contribution in [0.15, 0.2) is 42.5 Å². The maximum atomic E-state index is 9.91. The number of nitrogens with zero attached hydrogens (tertiary/aromatic N) is 2. The average Bonchev–Trinajstić information content (AvgIpc) is 2.91. The van der Waals surface area contributed by atoms with Crippen molar-refractivity contribution < 1.29 is 5.11 Å². The third-order valence-corrected chi connectivity index (χ3v) is 5.69. The van der Waals surface area contributed by atoms with Gasteiger partial charge in [-0.05, 0) is 30.2 Å².